The van der Waals surface area contributed by atoms with Gasteiger partial charge in [0.1, 0.15) is 17.2 Å². The summed E-state index contributed by atoms with van der Waals surface area (Å²) in [5, 5.41) is 17.9. The molecule has 4 rings (SSSR count). The lowest BCUT2D eigenvalue weighted by molar-refractivity contribution is 0.150. The summed E-state index contributed by atoms with van der Waals surface area (Å²) in [6, 6.07) is 5.68. The van der Waals surface area contributed by atoms with Crippen LogP contribution in [0.15, 0.2) is 22.7 Å². The summed E-state index contributed by atoms with van der Waals surface area (Å²) in [6.07, 6.45) is 4.37. The van der Waals surface area contributed by atoms with Crippen molar-refractivity contribution in [2.75, 3.05) is 19.7 Å². The number of aliphatic hydroxyl groups excluding tert-OH is 1. The van der Waals surface area contributed by atoms with Crippen LogP contribution in [-0.4, -0.2) is 42.2 Å². The van der Waals surface area contributed by atoms with Crippen molar-refractivity contribution in [2.45, 2.75) is 44.3 Å². The Morgan fingerprint density at radius 3 is 2.80 bits per heavy atom. The third-order valence-electron chi connectivity index (χ3n) is 4.99. The normalized spacial score (nSPS) is 24.2. The summed E-state index contributed by atoms with van der Waals surface area (Å²) >= 11 is 0. The highest BCUT2D eigenvalue weighted by molar-refractivity contribution is 5.88. The lowest BCUT2D eigenvalue weighted by Crippen LogP contribution is -2.30. The van der Waals surface area contributed by atoms with Crippen LogP contribution in [0.1, 0.15) is 32.1 Å². The monoisotopic (exact) mass is 368 g/mol. The van der Waals surface area contributed by atoms with Gasteiger partial charge >= 0.3 is 0 Å². The number of piperidine rings is 1. The van der Waals surface area contributed by atoms with E-state index in [9.17, 15) is 5.11 Å². The maximum absolute atomic E-state index is 9.69. The molecular weight excluding hydrogens is 344 g/mol. The molecule has 1 saturated heterocycles. The summed E-state index contributed by atoms with van der Waals surface area (Å²) in [4.78, 5) is 0. The molecule has 0 amide bonds. The Balaban J connectivity index is 0.00000182. The zero-order valence-electron chi connectivity index (χ0n) is 14.1. The third kappa shape index (κ3) is 4.19. The summed E-state index contributed by atoms with van der Waals surface area (Å²) in [5.41, 5.74) is 0.673. The van der Waals surface area contributed by atoms with Gasteiger partial charge in [0.15, 0.2) is 5.58 Å². The van der Waals surface area contributed by atoms with Crippen molar-refractivity contribution in [2.24, 2.45) is 5.92 Å². The third-order valence-corrected chi connectivity index (χ3v) is 4.99. The smallest absolute Gasteiger partial charge is 0.265 e. The molecule has 0 bridgehead atoms. The minimum Gasteiger partial charge on any atom is -0.489 e. The second-order valence-corrected chi connectivity index (χ2v) is 6.83. The number of rotatable bonds is 5. The van der Waals surface area contributed by atoms with Crippen LogP contribution in [-0.2, 0) is 0 Å². The van der Waals surface area contributed by atoms with Gasteiger partial charge in [-0.05, 0) is 62.0 Å². The van der Waals surface area contributed by atoms with E-state index in [1.165, 1.54) is 0 Å². The van der Waals surface area contributed by atoms with E-state index in [0.29, 0.717) is 30.4 Å². The number of hydrogen-bond donors (Lipinski definition) is 2. The predicted molar refractivity (Wildman–Crippen MR) is 96.6 cm³/mol. The molecule has 7 heteroatoms. The Kier molecular flexibility index (Phi) is 6.04. The van der Waals surface area contributed by atoms with Gasteiger partial charge in [0, 0.05) is 6.42 Å². The van der Waals surface area contributed by atoms with Gasteiger partial charge < -0.3 is 24.4 Å². The van der Waals surface area contributed by atoms with E-state index in [1.807, 2.05) is 18.2 Å². The van der Waals surface area contributed by atoms with Crippen LogP contribution in [0.4, 0.5) is 0 Å². The molecule has 1 saturated carbocycles. The SMILES string of the molecule is Cl.OC1CCC(Oc2cccc3onc(OCC4CCNCC4)c23)C1. The zero-order valence-corrected chi connectivity index (χ0v) is 15.0. The van der Waals surface area contributed by atoms with E-state index in [2.05, 4.69) is 10.5 Å². The molecule has 1 aromatic carbocycles. The highest BCUT2D eigenvalue weighted by atomic mass is 35.5. The summed E-state index contributed by atoms with van der Waals surface area (Å²) in [5.74, 6) is 1.79. The van der Waals surface area contributed by atoms with Gasteiger partial charge in [-0.2, -0.15) is 0 Å². The highest BCUT2D eigenvalue weighted by Gasteiger charge is 2.26. The van der Waals surface area contributed by atoms with E-state index in [-0.39, 0.29) is 24.6 Å². The average molecular weight is 369 g/mol. The first-order chi connectivity index (χ1) is 11.8. The van der Waals surface area contributed by atoms with Crippen molar-refractivity contribution < 1.29 is 19.1 Å². The Morgan fingerprint density at radius 1 is 1.20 bits per heavy atom. The molecule has 2 unspecified atom stereocenters. The van der Waals surface area contributed by atoms with Crippen LogP contribution < -0.4 is 14.8 Å². The van der Waals surface area contributed by atoms with Crippen molar-refractivity contribution >= 4 is 23.4 Å². The second-order valence-electron chi connectivity index (χ2n) is 6.83. The Morgan fingerprint density at radius 2 is 2.04 bits per heavy atom. The molecule has 2 heterocycles. The molecule has 1 aliphatic carbocycles. The van der Waals surface area contributed by atoms with Gasteiger partial charge in [-0.25, -0.2) is 0 Å². The quantitative estimate of drug-likeness (QED) is 0.845. The van der Waals surface area contributed by atoms with Crippen molar-refractivity contribution in [3.63, 3.8) is 0 Å². The van der Waals surface area contributed by atoms with Crippen LogP contribution >= 0.6 is 12.4 Å². The van der Waals surface area contributed by atoms with Crippen molar-refractivity contribution in [1.82, 2.24) is 10.5 Å². The van der Waals surface area contributed by atoms with E-state index < -0.39 is 0 Å². The maximum atomic E-state index is 9.69. The van der Waals surface area contributed by atoms with Gasteiger partial charge in [-0.3, -0.25) is 0 Å². The molecule has 6 nitrogen and oxygen atoms in total. The molecule has 25 heavy (non-hydrogen) atoms. The topological polar surface area (TPSA) is 76.8 Å². The molecule has 2 N–H and O–H groups in total. The van der Waals surface area contributed by atoms with Gasteiger partial charge in [0.2, 0.25) is 0 Å². The van der Waals surface area contributed by atoms with Gasteiger partial charge in [0.05, 0.1) is 12.7 Å². The number of fused-ring (bicyclic) bond motifs is 1. The van der Waals surface area contributed by atoms with Crippen molar-refractivity contribution in [1.29, 1.82) is 0 Å². The largest absolute Gasteiger partial charge is 0.489 e. The first-order valence-corrected chi connectivity index (χ1v) is 8.86. The number of aliphatic hydroxyl groups is 1. The Hall–Kier alpha value is -1.50. The number of ether oxygens (including phenoxy) is 2. The van der Waals surface area contributed by atoms with Crippen LogP contribution in [0.25, 0.3) is 11.0 Å². The first-order valence-electron chi connectivity index (χ1n) is 8.86. The molecule has 0 spiro atoms. The lowest BCUT2D eigenvalue weighted by Gasteiger charge is -2.22. The average Bonchev–Trinajstić information content (AvgIpc) is 3.21. The van der Waals surface area contributed by atoms with Crippen LogP contribution in [0, 0.1) is 5.92 Å². The van der Waals surface area contributed by atoms with Gasteiger partial charge in [-0.1, -0.05) is 6.07 Å². The molecule has 0 radical (unpaired) electrons. The minimum atomic E-state index is -0.257. The van der Waals surface area contributed by atoms with Crippen molar-refractivity contribution in [3.8, 4) is 11.6 Å². The molecule has 138 valence electrons. The van der Waals surface area contributed by atoms with Crippen LogP contribution in [0.2, 0.25) is 0 Å². The second kappa shape index (κ2) is 8.25. The zero-order chi connectivity index (χ0) is 16.4. The van der Waals surface area contributed by atoms with E-state index in [0.717, 1.165) is 49.9 Å². The lowest BCUT2D eigenvalue weighted by atomic mass is 9.99. The minimum absolute atomic E-state index is 0. The number of nitrogens with one attached hydrogen (secondary N) is 1. The number of hydrogen-bond acceptors (Lipinski definition) is 6. The number of nitrogens with zero attached hydrogens (tertiary/aromatic N) is 1. The van der Waals surface area contributed by atoms with E-state index in [4.69, 9.17) is 14.0 Å². The maximum Gasteiger partial charge on any atom is 0.265 e. The Bertz CT molecular complexity index is 687. The standard InChI is InChI=1S/C18H24N2O4.ClH/c21-13-4-5-14(10-13)23-15-2-1-3-16-17(15)18(20-24-16)22-11-12-6-8-19-9-7-12;/h1-3,12-14,19,21H,4-11H2;1H. The summed E-state index contributed by atoms with van der Waals surface area (Å²) in [6.45, 7) is 2.75. The fraction of sp³-hybridized carbons (Fsp3) is 0.611. The highest BCUT2D eigenvalue weighted by Crippen LogP contribution is 2.36. The fourth-order valence-electron chi connectivity index (χ4n) is 3.58. The predicted octanol–water partition coefficient (Wildman–Crippen LogP) is 2.92. The van der Waals surface area contributed by atoms with E-state index in [1.54, 1.807) is 0 Å². The molecule has 2 atom stereocenters. The molecule has 1 aromatic heterocycles. The Labute approximate surface area is 153 Å². The number of aromatic nitrogens is 1. The first kappa shape index (κ1) is 18.3. The fourth-order valence-corrected chi connectivity index (χ4v) is 3.58. The molecule has 1 aliphatic heterocycles. The van der Waals surface area contributed by atoms with Crippen LogP contribution in [0.3, 0.4) is 0 Å². The number of halogens is 1. The van der Waals surface area contributed by atoms with Gasteiger partial charge in [-0.15, -0.1) is 12.4 Å². The molecule has 2 aliphatic rings. The van der Waals surface area contributed by atoms with E-state index >= 15 is 0 Å². The molecular formula is C18H25ClN2O4. The molecule has 2 aromatic rings. The summed E-state index contributed by atoms with van der Waals surface area (Å²) in [7, 11) is 0. The van der Waals surface area contributed by atoms with Crippen molar-refractivity contribution in [3.05, 3.63) is 18.2 Å². The molecule has 2 fully saturated rings. The van der Waals surface area contributed by atoms with Crippen LogP contribution in [0.5, 0.6) is 11.6 Å². The van der Waals surface area contributed by atoms with Gasteiger partial charge in [0.25, 0.3) is 5.88 Å². The summed E-state index contributed by atoms with van der Waals surface area (Å²) < 4.78 is 17.5. The number of benzene rings is 1.